The van der Waals surface area contributed by atoms with Gasteiger partial charge in [0, 0.05) is 30.9 Å². The van der Waals surface area contributed by atoms with E-state index < -0.39 is 68.3 Å². The van der Waals surface area contributed by atoms with E-state index in [-0.39, 0.29) is 53.4 Å². The Labute approximate surface area is 272 Å². The van der Waals surface area contributed by atoms with Crippen molar-refractivity contribution in [3.05, 3.63) is 80.2 Å². The van der Waals surface area contributed by atoms with Gasteiger partial charge >= 0.3 is 5.69 Å². The minimum atomic E-state index is -1.31. The van der Waals surface area contributed by atoms with Crippen LogP contribution in [0.3, 0.4) is 0 Å². The molecular weight excluding hydrogens is 644 g/mol. The fourth-order valence-electron chi connectivity index (χ4n) is 6.44. The molecule has 2 atom stereocenters. The van der Waals surface area contributed by atoms with E-state index in [1.165, 1.54) is 6.08 Å². The van der Waals surface area contributed by atoms with Gasteiger partial charge < -0.3 is 20.3 Å². The monoisotopic (exact) mass is 672 g/mol. The topological polar surface area (TPSA) is 107 Å². The van der Waals surface area contributed by atoms with Gasteiger partial charge in [-0.25, -0.2) is 18.0 Å². The van der Waals surface area contributed by atoms with Gasteiger partial charge in [-0.05, 0) is 43.5 Å². The summed E-state index contributed by atoms with van der Waals surface area (Å²) < 4.78 is 56.9. The number of anilines is 2. The number of halogens is 5. The zero-order valence-electron chi connectivity index (χ0n) is 25.3. The Bertz CT molecular complexity index is 2010. The van der Waals surface area contributed by atoms with E-state index in [2.05, 4.69) is 16.5 Å². The lowest BCUT2D eigenvalue weighted by Gasteiger charge is -2.45. The van der Waals surface area contributed by atoms with Crippen LogP contribution in [-0.2, 0) is 4.79 Å². The fourth-order valence-corrected chi connectivity index (χ4v) is 6.90. The predicted octanol–water partition coefficient (Wildman–Crippen LogP) is 6.17. The molecule has 2 N–H and O–H groups in total. The van der Waals surface area contributed by atoms with Gasteiger partial charge in [-0.3, -0.25) is 14.3 Å². The fraction of sp³-hybridized carbons (Fsp3) is 0.312. The van der Waals surface area contributed by atoms with Gasteiger partial charge in [-0.2, -0.15) is 4.98 Å². The molecule has 240 valence electrons. The third-order valence-corrected chi connectivity index (χ3v) is 9.06. The molecule has 0 aliphatic carbocycles. The van der Waals surface area contributed by atoms with E-state index in [1.54, 1.807) is 35.9 Å². The average molecular weight is 674 g/mol. The highest BCUT2D eigenvalue weighted by molar-refractivity contribution is 6.37. The maximum absolute atomic E-state index is 17.3. The zero-order chi connectivity index (χ0) is 33.4. The zero-order valence-corrected chi connectivity index (χ0v) is 26.8. The number of carbonyl (C=O) groups is 1. The average Bonchev–Trinajstić information content (AvgIpc) is 3.17. The van der Waals surface area contributed by atoms with Crippen LogP contribution >= 0.6 is 23.2 Å². The van der Waals surface area contributed by atoms with Crippen molar-refractivity contribution in [2.75, 3.05) is 30.3 Å². The first-order valence-corrected chi connectivity index (χ1v) is 15.2. The molecule has 1 saturated heterocycles. The molecule has 2 aromatic carbocycles. The quantitative estimate of drug-likeness (QED) is 0.157. The summed E-state index contributed by atoms with van der Waals surface area (Å²) in [6, 6.07) is 1.60. The van der Waals surface area contributed by atoms with Crippen LogP contribution in [0.5, 0.6) is 5.75 Å². The van der Waals surface area contributed by atoms with Gasteiger partial charge in [0.15, 0.2) is 23.2 Å². The number of aromatic nitrogens is 3. The van der Waals surface area contributed by atoms with Crippen molar-refractivity contribution in [2.45, 2.75) is 45.7 Å². The summed E-state index contributed by atoms with van der Waals surface area (Å²) in [5.41, 5.74) is 3.93. The van der Waals surface area contributed by atoms with E-state index >= 15 is 13.2 Å². The Kier molecular flexibility index (Phi) is 7.92. The predicted molar refractivity (Wildman–Crippen MR) is 172 cm³/mol. The van der Waals surface area contributed by atoms with Gasteiger partial charge in [0.25, 0.3) is 0 Å². The number of carbonyl (C=O) groups excluding carboxylic acids is 1. The second kappa shape index (κ2) is 11.5. The summed E-state index contributed by atoms with van der Waals surface area (Å²) in [5.74, 6) is -4.89. The molecule has 9 nitrogen and oxygen atoms in total. The molecule has 0 radical (unpaired) electrons. The summed E-state index contributed by atoms with van der Waals surface area (Å²) in [5, 5.41) is -0.903. The number of nitrogen functional groups attached to an aromatic ring is 1. The summed E-state index contributed by atoms with van der Waals surface area (Å²) in [4.78, 5) is 38.9. The standard InChI is InChI=1S/C32H29Cl2F3N6O3/c1-6-19(44)41-10-15(5)42-16(11-41)12-46-30-22-29(24(36)20(25(30)37)21-23(35)17(33)9-18(34)26(21)38)43(32(45)40-31(22)42)28-14(4)7-8-39-27(28)13(2)3/h6-9,13,15-16H,1,10-12,38H2,2-5H3. The minimum Gasteiger partial charge on any atom is -0.487 e. The Morgan fingerprint density at radius 3 is 2.54 bits per heavy atom. The van der Waals surface area contributed by atoms with E-state index in [0.717, 1.165) is 10.6 Å². The van der Waals surface area contributed by atoms with Crippen molar-refractivity contribution in [1.29, 1.82) is 0 Å². The highest BCUT2D eigenvalue weighted by Crippen LogP contribution is 2.49. The van der Waals surface area contributed by atoms with E-state index in [1.807, 2.05) is 13.8 Å². The number of benzene rings is 2. The van der Waals surface area contributed by atoms with Crippen molar-refractivity contribution in [1.82, 2.24) is 19.4 Å². The summed E-state index contributed by atoms with van der Waals surface area (Å²) >= 11 is 12.3. The lowest BCUT2D eigenvalue weighted by Crippen LogP contribution is -2.61. The molecule has 1 fully saturated rings. The molecule has 0 spiro atoms. The lowest BCUT2D eigenvalue weighted by molar-refractivity contribution is -0.127. The van der Waals surface area contributed by atoms with Crippen molar-refractivity contribution in [3.8, 4) is 22.6 Å². The number of aryl methyl sites for hydroxylation is 1. The molecule has 2 aliphatic rings. The molecule has 14 heteroatoms. The van der Waals surface area contributed by atoms with Crippen LogP contribution < -0.4 is 21.1 Å². The number of nitrogens with two attached hydrogens (primary N) is 1. The SMILES string of the molecule is C=CC(=O)N1CC(C)N2c3nc(=O)n(-c4c(C)ccnc4C(C)C)c4c(F)c(-c5c(N)c(Cl)cc(Cl)c5F)c(F)c(c34)OCC2C1. The van der Waals surface area contributed by atoms with Gasteiger partial charge in [0.1, 0.15) is 17.9 Å². The van der Waals surface area contributed by atoms with Crippen LogP contribution in [0.15, 0.2) is 35.8 Å². The number of hydrogen-bond donors (Lipinski definition) is 1. The van der Waals surface area contributed by atoms with Gasteiger partial charge in [0.05, 0.1) is 44.1 Å². The van der Waals surface area contributed by atoms with Crippen LogP contribution in [0, 0.1) is 24.4 Å². The summed E-state index contributed by atoms with van der Waals surface area (Å²) in [6.07, 6.45) is 2.75. The number of amides is 1. The summed E-state index contributed by atoms with van der Waals surface area (Å²) in [6.45, 7) is 10.9. The molecule has 6 rings (SSSR count). The third-order valence-electron chi connectivity index (χ3n) is 8.47. The normalized spacial score (nSPS) is 17.6. The number of nitrogens with zero attached hydrogens (tertiary/aromatic N) is 5. The molecule has 4 heterocycles. The molecule has 0 saturated carbocycles. The number of piperazine rings is 1. The molecule has 2 aromatic heterocycles. The molecule has 2 aliphatic heterocycles. The van der Waals surface area contributed by atoms with Crippen molar-refractivity contribution in [2.24, 2.45) is 0 Å². The first-order chi connectivity index (χ1) is 21.8. The molecular formula is C32H29Cl2F3N6O3. The first-order valence-electron chi connectivity index (χ1n) is 14.5. The molecule has 4 aromatic rings. The van der Waals surface area contributed by atoms with Gasteiger partial charge in [-0.1, -0.05) is 43.6 Å². The van der Waals surface area contributed by atoms with Crippen molar-refractivity contribution in [3.63, 3.8) is 0 Å². The Hall–Kier alpha value is -4.29. The van der Waals surface area contributed by atoms with Crippen LogP contribution in [0.1, 0.15) is 37.9 Å². The second-order valence-corrected chi connectivity index (χ2v) is 12.6. The maximum Gasteiger partial charge on any atom is 0.354 e. The van der Waals surface area contributed by atoms with E-state index in [0.29, 0.717) is 11.3 Å². The molecule has 2 unspecified atom stereocenters. The first kappa shape index (κ1) is 31.7. The Morgan fingerprint density at radius 2 is 1.87 bits per heavy atom. The third kappa shape index (κ3) is 4.68. The van der Waals surface area contributed by atoms with Gasteiger partial charge in [-0.15, -0.1) is 0 Å². The number of fused-ring (bicyclic) bond motifs is 2. The van der Waals surface area contributed by atoms with Crippen LogP contribution in [0.4, 0.5) is 24.7 Å². The largest absolute Gasteiger partial charge is 0.487 e. The van der Waals surface area contributed by atoms with Crippen molar-refractivity contribution < 1.29 is 22.7 Å². The smallest absolute Gasteiger partial charge is 0.354 e. The summed E-state index contributed by atoms with van der Waals surface area (Å²) in [7, 11) is 0. The number of hydrogen-bond acceptors (Lipinski definition) is 7. The molecule has 0 bridgehead atoms. The van der Waals surface area contributed by atoms with Crippen LogP contribution in [0.25, 0.3) is 27.7 Å². The Balaban J connectivity index is 1.80. The highest BCUT2D eigenvalue weighted by Gasteiger charge is 2.42. The number of ether oxygens (including phenoxy) is 1. The number of rotatable bonds is 4. The second-order valence-electron chi connectivity index (χ2n) is 11.7. The molecule has 46 heavy (non-hydrogen) atoms. The van der Waals surface area contributed by atoms with Crippen molar-refractivity contribution >= 4 is 51.5 Å². The highest BCUT2D eigenvalue weighted by atomic mass is 35.5. The van der Waals surface area contributed by atoms with Crippen LogP contribution in [-0.4, -0.2) is 57.1 Å². The lowest BCUT2D eigenvalue weighted by atomic mass is 9.97. The Morgan fingerprint density at radius 1 is 1.15 bits per heavy atom. The minimum absolute atomic E-state index is 0.0403. The number of pyridine rings is 1. The van der Waals surface area contributed by atoms with Gasteiger partial charge in [0.2, 0.25) is 5.91 Å². The van der Waals surface area contributed by atoms with E-state index in [9.17, 15) is 9.59 Å². The van der Waals surface area contributed by atoms with Crippen LogP contribution in [0.2, 0.25) is 10.0 Å². The maximum atomic E-state index is 17.3. The van der Waals surface area contributed by atoms with E-state index in [4.69, 9.17) is 33.7 Å². The molecule has 1 amide bonds.